The maximum atomic E-state index is 5.93. The first kappa shape index (κ1) is 15.1. The molecule has 0 aliphatic carbocycles. The third-order valence-electron chi connectivity index (χ3n) is 2.41. The van der Waals surface area contributed by atoms with E-state index in [4.69, 9.17) is 23.2 Å². The molecule has 0 unspecified atom stereocenters. The minimum atomic E-state index is 0.581. The molecule has 0 saturated heterocycles. The summed E-state index contributed by atoms with van der Waals surface area (Å²) in [6, 6.07) is 5.26. The van der Waals surface area contributed by atoms with Gasteiger partial charge in [-0.25, -0.2) is 4.98 Å². The Hall–Kier alpha value is -1.30. The average molecular weight is 327 g/mol. The molecule has 0 bridgehead atoms. The molecule has 0 spiro atoms. The minimum Gasteiger partial charge on any atom is -0.362 e. The molecule has 0 amide bonds. The van der Waals surface area contributed by atoms with E-state index in [1.54, 1.807) is 24.4 Å². The fraction of sp³-hybridized carbons (Fsp3) is 0.154. The molecule has 4 nitrogen and oxygen atoms in total. The zero-order valence-electron chi connectivity index (χ0n) is 10.9. The van der Waals surface area contributed by atoms with E-state index in [2.05, 4.69) is 20.5 Å². The first-order chi connectivity index (χ1) is 9.58. The maximum Gasteiger partial charge on any atom is 0.209 e. The summed E-state index contributed by atoms with van der Waals surface area (Å²) in [5.41, 5.74) is 2.35. The molecule has 0 atom stereocenters. The zero-order chi connectivity index (χ0) is 14.5. The van der Waals surface area contributed by atoms with Crippen molar-refractivity contribution >= 4 is 46.7 Å². The van der Waals surface area contributed by atoms with Crippen molar-refractivity contribution < 1.29 is 0 Å². The summed E-state index contributed by atoms with van der Waals surface area (Å²) in [6.45, 7) is 1.86. The van der Waals surface area contributed by atoms with E-state index in [1.165, 1.54) is 11.8 Å². The Bertz CT molecular complexity index is 626. The molecule has 1 aromatic carbocycles. The summed E-state index contributed by atoms with van der Waals surface area (Å²) >= 11 is 13.3. The molecule has 0 aliphatic heterocycles. The number of nitrogens with one attached hydrogen (secondary N) is 1. The van der Waals surface area contributed by atoms with Crippen molar-refractivity contribution in [2.24, 2.45) is 0 Å². The van der Waals surface area contributed by atoms with E-state index in [0.29, 0.717) is 15.2 Å². The lowest BCUT2D eigenvalue weighted by Crippen LogP contribution is -1.98. The van der Waals surface area contributed by atoms with E-state index >= 15 is 0 Å². The fourth-order valence-electron chi connectivity index (χ4n) is 1.47. The van der Waals surface area contributed by atoms with E-state index in [0.717, 1.165) is 17.1 Å². The van der Waals surface area contributed by atoms with Gasteiger partial charge in [0.15, 0.2) is 0 Å². The number of thioether (sulfide) groups is 1. The normalized spacial score (nSPS) is 11.0. The zero-order valence-corrected chi connectivity index (χ0v) is 13.2. The summed E-state index contributed by atoms with van der Waals surface area (Å²) in [5, 5.41) is 12.9. The van der Waals surface area contributed by atoms with E-state index in [1.807, 2.05) is 19.3 Å². The van der Waals surface area contributed by atoms with Gasteiger partial charge in [0, 0.05) is 21.9 Å². The topological polar surface area (TPSA) is 50.7 Å². The van der Waals surface area contributed by atoms with Gasteiger partial charge in [0.05, 0.1) is 11.4 Å². The van der Waals surface area contributed by atoms with Gasteiger partial charge in [-0.1, -0.05) is 35.0 Å². The van der Waals surface area contributed by atoms with Gasteiger partial charge < -0.3 is 5.32 Å². The van der Waals surface area contributed by atoms with E-state index in [-0.39, 0.29) is 0 Å². The fourth-order valence-corrected chi connectivity index (χ4v) is 2.31. The van der Waals surface area contributed by atoms with Crippen LogP contribution >= 0.6 is 35.0 Å². The number of hydrogen-bond donors (Lipinski definition) is 1. The molecule has 2 rings (SSSR count). The lowest BCUT2D eigenvalue weighted by molar-refractivity contribution is 0.807. The molecule has 0 saturated carbocycles. The number of halogens is 2. The highest BCUT2D eigenvalue weighted by Crippen LogP contribution is 2.22. The second-order valence-electron chi connectivity index (χ2n) is 3.90. The molecule has 1 heterocycles. The van der Waals surface area contributed by atoms with Crippen LogP contribution in [0.3, 0.4) is 0 Å². The van der Waals surface area contributed by atoms with Crippen molar-refractivity contribution in [2.75, 3.05) is 11.6 Å². The van der Waals surface area contributed by atoms with Crippen molar-refractivity contribution in [1.82, 2.24) is 15.2 Å². The molecular formula is C13H12Cl2N4S. The number of rotatable bonds is 4. The Morgan fingerprint density at radius 1 is 1.15 bits per heavy atom. The van der Waals surface area contributed by atoms with Gasteiger partial charge in [0.1, 0.15) is 0 Å². The SMILES string of the molecule is CSc1nnc(C)c(C=CNc2cc(Cl)cc(Cl)c2)n1. The van der Waals surface area contributed by atoms with Crippen LogP contribution in [0.2, 0.25) is 10.0 Å². The Balaban J connectivity index is 2.13. The van der Waals surface area contributed by atoms with Crippen LogP contribution in [-0.4, -0.2) is 21.4 Å². The molecular weight excluding hydrogens is 315 g/mol. The second-order valence-corrected chi connectivity index (χ2v) is 5.55. The third-order valence-corrected chi connectivity index (χ3v) is 3.38. The number of benzene rings is 1. The van der Waals surface area contributed by atoms with Gasteiger partial charge in [0.2, 0.25) is 5.16 Å². The monoisotopic (exact) mass is 326 g/mol. The number of nitrogens with zero attached hydrogens (tertiary/aromatic N) is 3. The van der Waals surface area contributed by atoms with Gasteiger partial charge in [0.25, 0.3) is 0 Å². The number of anilines is 1. The van der Waals surface area contributed by atoms with Crippen molar-refractivity contribution in [3.8, 4) is 0 Å². The van der Waals surface area contributed by atoms with Crippen molar-refractivity contribution in [2.45, 2.75) is 12.1 Å². The quantitative estimate of drug-likeness (QED) is 0.849. The second kappa shape index (κ2) is 6.92. The van der Waals surface area contributed by atoms with Crippen LogP contribution in [0.1, 0.15) is 11.4 Å². The molecule has 20 heavy (non-hydrogen) atoms. The molecule has 0 fully saturated rings. The highest BCUT2D eigenvalue weighted by atomic mass is 35.5. The molecule has 7 heteroatoms. The number of hydrogen-bond acceptors (Lipinski definition) is 5. The van der Waals surface area contributed by atoms with Crippen LogP contribution in [0.25, 0.3) is 6.08 Å². The molecule has 104 valence electrons. The van der Waals surface area contributed by atoms with Gasteiger partial charge in [-0.05, 0) is 37.5 Å². The van der Waals surface area contributed by atoms with Crippen molar-refractivity contribution in [3.05, 3.63) is 45.8 Å². The highest BCUT2D eigenvalue weighted by Gasteiger charge is 2.01. The summed E-state index contributed by atoms with van der Waals surface area (Å²) in [4.78, 5) is 4.37. The standard InChI is InChI=1S/C13H12Cl2N4S/c1-8-12(17-13(20-2)19-18-8)3-4-16-11-6-9(14)5-10(15)7-11/h3-7,16H,1-2H3. The molecule has 1 aromatic heterocycles. The van der Waals surface area contributed by atoms with Crippen molar-refractivity contribution in [1.29, 1.82) is 0 Å². The summed E-state index contributed by atoms with van der Waals surface area (Å²) in [6.07, 6.45) is 5.51. The molecule has 1 N–H and O–H groups in total. The van der Waals surface area contributed by atoms with Crippen LogP contribution in [-0.2, 0) is 0 Å². The number of aryl methyl sites for hydroxylation is 1. The van der Waals surface area contributed by atoms with Crippen LogP contribution in [0.5, 0.6) is 0 Å². The highest BCUT2D eigenvalue weighted by molar-refractivity contribution is 7.98. The Kier molecular flexibility index (Phi) is 5.23. The Morgan fingerprint density at radius 3 is 2.50 bits per heavy atom. The third kappa shape index (κ3) is 4.10. The first-order valence-corrected chi connectivity index (χ1v) is 7.71. The maximum absolute atomic E-state index is 5.93. The van der Waals surface area contributed by atoms with Gasteiger partial charge in [-0.15, -0.1) is 5.10 Å². The summed E-state index contributed by atoms with van der Waals surface area (Å²) in [7, 11) is 0. The largest absolute Gasteiger partial charge is 0.362 e. The number of aromatic nitrogens is 3. The summed E-state index contributed by atoms with van der Waals surface area (Å²) in [5.74, 6) is 0. The van der Waals surface area contributed by atoms with Crippen molar-refractivity contribution in [3.63, 3.8) is 0 Å². The lowest BCUT2D eigenvalue weighted by Gasteiger charge is -2.03. The van der Waals surface area contributed by atoms with Crippen LogP contribution in [0, 0.1) is 6.92 Å². The molecule has 0 radical (unpaired) electrons. The first-order valence-electron chi connectivity index (χ1n) is 5.73. The van der Waals surface area contributed by atoms with Gasteiger partial charge in [-0.3, -0.25) is 0 Å². The van der Waals surface area contributed by atoms with Crippen LogP contribution in [0.4, 0.5) is 5.69 Å². The predicted octanol–water partition coefficient (Wildman–Crippen LogP) is 4.29. The predicted molar refractivity (Wildman–Crippen MR) is 85.5 cm³/mol. The Labute approximate surface area is 131 Å². The van der Waals surface area contributed by atoms with Crippen LogP contribution < -0.4 is 5.32 Å². The average Bonchev–Trinajstić information content (AvgIpc) is 2.40. The smallest absolute Gasteiger partial charge is 0.209 e. The van der Waals surface area contributed by atoms with Gasteiger partial charge in [-0.2, -0.15) is 5.10 Å². The molecule has 0 aliphatic rings. The summed E-state index contributed by atoms with van der Waals surface area (Å²) < 4.78 is 0. The van der Waals surface area contributed by atoms with E-state index in [9.17, 15) is 0 Å². The minimum absolute atomic E-state index is 0.581. The van der Waals surface area contributed by atoms with Crippen LogP contribution in [0.15, 0.2) is 29.6 Å². The van der Waals surface area contributed by atoms with Gasteiger partial charge >= 0.3 is 0 Å². The lowest BCUT2D eigenvalue weighted by atomic mass is 10.3. The molecule has 2 aromatic rings. The Morgan fingerprint density at radius 2 is 1.85 bits per heavy atom. The van der Waals surface area contributed by atoms with E-state index < -0.39 is 0 Å².